The van der Waals surface area contributed by atoms with E-state index in [4.69, 9.17) is 0 Å². The Labute approximate surface area is 155 Å². The number of carbonyl (C=O) groups excluding carboxylic acids is 1. The third-order valence-corrected chi connectivity index (χ3v) is 9.23. The fourth-order valence-corrected chi connectivity index (χ4v) is 9.39. The highest BCUT2D eigenvalue weighted by Gasteiger charge is 2.83. The zero-order valence-electron chi connectivity index (χ0n) is 12.3. The number of carbonyl (C=O) groups is 1. The zero-order chi connectivity index (χ0) is 16.3. The van der Waals surface area contributed by atoms with Crippen LogP contribution in [0.25, 0.3) is 0 Å². The summed E-state index contributed by atoms with van der Waals surface area (Å²) in [5, 5.41) is 2.97. The lowest BCUT2D eigenvalue weighted by Gasteiger charge is -2.66. The molecule has 3 unspecified atom stereocenters. The lowest BCUT2D eigenvalue weighted by atomic mass is 9.43. The Hall–Kier alpha value is 0.0600. The number of anilines is 1. The molecule has 3 atom stereocenters. The van der Waals surface area contributed by atoms with Crippen molar-refractivity contribution >= 4 is 59.4 Å². The van der Waals surface area contributed by atoms with E-state index in [0.29, 0.717) is 5.69 Å². The summed E-state index contributed by atoms with van der Waals surface area (Å²) in [5.74, 6) is -0.292. The molecule has 1 amide bonds. The summed E-state index contributed by atoms with van der Waals surface area (Å²) in [6.45, 7) is 4.33. The normalized spacial score (nSPS) is 35.3. The number of rotatable bonds is 3. The summed E-state index contributed by atoms with van der Waals surface area (Å²) in [4.78, 5) is 13.1. The van der Waals surface area contributed by atoms with Gasteiger partial charge in [0.1, 0.15) is 5.82 Å². The van der Waals surface area contributed by atoms with Crippen LogP contribution in [0.4, 0.5) is 10.1 Å². The minimum Gasteiger partial charge on any atom is -0.326 e. The Bertz CT molecular complexity index is 618. The van der Waals surface area contributed by atoms with E-state index in [9.17, 15) is 9.18 Å². The Morgan fingerprint density at radius 1 is 1.27 bits per heavy atom. The van der Waals surface area contributed by atoms with E-state index in [1.807, 2.05) is 0 Å². The summed E-state index contributed by atoms with van der Waals surface area (Å²) < 4.78 is 13.2. The van der Waals surface area contributed by atoms with E-state index in [2.05, 4.69) is 67.0 Å². The van der Waals surface area contributed by atoms with Crippen molar-refractivity contribution < 1.29 is 9.18 Å². The minimum absolute atomic E-state index is 0.00708. The molecule has 0 saturated heterocycles. The zero-order valence-corrected chi connectivity index (χ0v) is 17.1. The third kappa shape index (κ3) is 1.83. The molecule has 2 bridgehead atoms. The van der Waals surface area contributed by atoms with E-state index in [0.717, 1.165) is 12.8 Å². The Morgan fingerprint density at radius 3 is 2.32 bits per heavy atom. The molecule has 22 heavy (non-hydrogen) atoms. The van der Waals surface area contributed by atoms with Gasteiger partial charge in [0.2, 0.25) is 5.91 Å². The Balaban J connectivity index is 1.89. The predicted molar refractivity (Wildman–Crippen MR) is 97.3 cm³/mol. The van der Waals surface area contributed by atoms with Crippen LogP contribution in [-0.2, 0) is 4.79 Å². The second-order valence-corrected chi connectivity index (χ2v) is 10.7. The molecule has 3 saturated carbocycles. The second-order valence-electron chi connectivity index (χ2n) is 6.76. The van der Waals surface area contributed by atoms with Crippen molar-refractivity contribution in [2.24, 2.45) is 16.2 Å². The third-order valence-electron chi connectivity index (χ3n) is 5.99. The maximum absolute atomic E-state index is 13.0. The lowest BCUT2D eigenvalue weighted by Crippen LogP contribution is -2.71. The van der Waals surface area contributed by atoms with Gasteiger partial charge in [-0.3, -0.25) is 4.79 Å². The Kier molecular flexibility index (Phi) is 4.06. The highest BCUT2D eigenvalue weighted by atomic mass is 79.9. The largest absolute Gasteiger partial charge is 0.326 e. The van der Waals surface area contributed by atoms with Gasteiger partial charge < -0.3 is 5.32 Å². The molecule has 3 aliphatic rings. The molecular formula is C16H17Br3FNO. The van der Waals surface area contributed by atoms with Crippen LogP contribution < -0.4 is 5.32 Å². The van der Waals surface area contributed by atoms with E-state index < -0.39 is 5.41 Å². The maximum atomic E-state index is 13.0. The number of amides is 1. The lowest BCUT2D eigenvalue weighted by molar-refractivity contribution is -0.155. The molecule has 1 aromatic carbocycles. The fraction of sp³-hybridized carbons (Fsp3) is 0.562. The van der Waals surface area contributed by atoms with Gasteiger partial charge in [-0.25, -0.2) is 4.39 Å². The van der Waals surface area contributed by atoms with Crippen molar-refractivity contribution in [3.8, 4) is 0 Å². The molecule has 0 spiro atoms. The van der Waals surface area contributed by atoms with Crippen molar-refractivity contribution in [3.63, 3.8) is 0 Å². The summed E-state index contributed by atoms with van der Waals surface area (Å²) >= 11 is 11.1. The van der Waals surface area contributed by atoms with Gasteiger partial charge in [0.15, 0.2) is 0 Å². The Morgan fingerprint density at radius 2 is 1.86 bits per heavy atom. The van der Waals surface area contributed by atoms with Gasteiger partial charge in [0.05, 0.1) is 9.15 Å². The van der Waals surface area contributed by atoms with Crippen LogP contribution in [0.1, 0.15) is 26.7 Å². The summed E-state index contributed by atoms with van der Waals surface area (Å²) in [6.07, 6.45) is 1.82. The van der Waals surface area contributed by atoms with Crippen molar-refractivity contribution in [2.45, 2.75) is 35.3 Å². The molecule has 2 nitrogen and oxygen atoms in total. The molecule has 1 aromatic rings. The van der Waals surface area contributed by atoms with Crippen LogP contribution in [0.3, 0.4) is 0 Å². The van der Waals surface area contributed by atoms with Gasteiger partial charge >= 0.3 is 0 Å². The molecule has 0 radical (unpaired) electrons. The molecule has 0 aromatic heterocycles. The molecular weight excluding hydrogens is 481 g/mol. The first-order valence-corrected chi connectivity index (χ1v) is 9.94. The van der Waals surface area contributed by atoms with Gasteiger partial charge in [-0.05, 0) is 42.5 Å². The maximum Gasteiger partial charge on any atom is 0.232 e. The smallest absolute Gasteiger partial charge is 0.232 e. The average Bonchev–Trinajstić information content (AvgIpc) is 2.91. The average molecular weight is 498 g/mol. The number of hydrogen-bond acceptors (Lipinski definition) is 1. The van der Waals surface area contributed by atoms with Gasteiger partial charge in [-0.15, -0.1) is 0 Å². The molecule has 4 rings (SSSR count). The second kappa shape index (κ2) is 5.28. The summed E-state index contributed by atoms with van der Waals surface area (Å²) in [5.41, 5.74) is 0.0551. The number of alkyl halides is 3. The highest BCUT2D eigenvalue weighted by Crippen LogP contribution is 2.82. The molecule has 6 heteroatoms. The van der Waals surface area contributed by atoms with Gasteiger partial charge in [-0.2, -0.15) is 0 Å². The van der Waals surface area contributed by atoms with Gasteiger partial charge in [0, 0.05) is 15.9 Å². The number of benzene rings is 1. The number of halogens is 4. The van der Waals surface area contributed by atoms with Crippen LogP contribution in [0, 0.1) is 22.1 Å². The van der Waals surface area contributed by atoms with Crippen LogP contribution in [-0.4, -0.2) is 14.5 Å². The quantitative estimate of drug-likeness (QED) is 0.553. The van der Waals surface area contributed by atoms with Crippen LogP contribution >= 0.6 is 47.8 Å². The minimum atomic E-state index is -0.443. The highest BCUT2D eigenvalue weighted by molar-refractivity contribution is 9.24. The van der Waals surface area contributed by atoms with Gasteiger partial charge in [0.25, 0.3) is 0 Å². The van der Waals surface area contributed by atoms with Crippen LogP contribution in [0.15, 0.2) is 24.3 Å². The van der Waals surface area contributed by atoms with Crippen molar-refractivity contribution in [1.29, 1.82) is 0 Å². The predicted octanol–water partition coefficient (Wildman–Crippen LogP) is 5.45. The van der Waals surface area contributed by atoms with E-state index in [1.165, 1.54) is 12.1 Å². The molecule has 1 N–H and O–H groups in total. The molecule has 3 aliphatic carbocycles. The first-order chi connectivity index (χ1) is 10.2. The first-order valence-electron chi connectivity index (χ1n) is 7.19. The van der Waals surface area contributed by atoms with Crippen LogP contribution in [0.2, 0.25) is 0 Å². The summed E-state index contributed by atoms with van der Waals surface area (Å²) in [7, 11) is 0. The molecule has 0 heterocycles. The van der Waals surface area contributed by atoms with Gasteiger partial charge in [-0.1, -0.05) is 61.6 Å². The van der Waals surface area contributed by atoms with Crippen molar-refractivity contribution in [3.05, 3.63) is 30.1 Å². The molecule has 0 aliphatic heterocycles. The summed E-state index contributed by atoms with van der Waals surface area (Å²) in [6, 6.07) is 5.91. The van der Waals surface area contributed by atoms with E-state index >= 15 is 0 Å². The molecule has 120 valence electrons. The first kappa shape index (κ1) is 16.9. The monoisotopic (exact) mass is 495 g/mol. The standard InChI is InChI=1S/C16H17Br3FNO/c1-14(2)15(12(18)19)7-8-16(14,11(15)17)13(22)21-10-5-3-9(20)4-6-10/h3-6,11-12H,7-8H2,1-2H3,(H,21,22). The van der Waals surface area contributed by atoms with E-state index in [-0.39, 0.29) is 31.1 Å². The van der Waals surface area contributed by atoms with Crippen molar-refractivity contribution in [2.75, 3.05) is 5.32 Å². The topological polar surface area (TPSA) is 29.1 Å². The van der Waals surface area contributed by atoms with Crippen LogP contribution in [0.5, 0.6) is 0 Å². The fourth-order valence-electron chi connectivity index (χ4n) is 4.47. The van der Waals surface area contributed by atoms with Crippen molar-refractivity contribution in [1.82, 2.24) is 0 Å². The number of hydrogen-bond donors (Lipinski definition) is 1. The SMILES string of the molecule is CC1(C)C2(C(=O)Nc3ccc(F)cc3)CCC1(C(Br)Br)C2Br. The van der Waals surface area contributed by atoms with E-state index in [1.54, 1.807) is 12.1 Å². The molecule has 3 fully saturated rings. The number of nitrogens with one attached hydrogen (secondary N) is 1. The number of fused-ring (bicyclic) bond motifs is 1.